The highest BCUT2D eigenvalue weighted by Gasteiger charge is 2.13. The van der Waals surface area contributed by atoms with E-state index in [0.717, 1.165) is 17.7 Å². The molecule has 0 radical (unpaired) electrons. The topological polar surface area (TPSA) is 61.4 Å². The summed E-state index contributed by atoms with van der Waals surface area (Å²) < 4.78 is 26.8. The van der Waals surface area contributed by atoms with Gasteiger partial charge >= 0.3 is 6.03 Å². The van der Waals surface area contributed by atoms with Crippen LogP contribution in [0.5, 0.6) is 0 Å². The molecule has 2 aromatic rings. The summed E-state index contributed by atoms with van der Waals surface area (Å²) in [4.78, 5) is 11.6. The van der Waals surface area contributed by atoms with Gasteiger partial charge in [-0.25, -0.2) is 13.6 Å². The van der Waals surface area contributed by atoms with E-state index in [-0.39, 0.29) is 6.54 Å². The van der Waals surface area contributed by atoms with Crippen LogP contribution in [0.25, 0.3) is 0 Å². The van der Waals surface area contributed by atoms with Crippen molar-refractivity contribution in [2.24, 2.45) is 0 Å². The van der Waals surface area contributed by atoms with Crippen molar-refractivity contribution in [2.45, 2.75) is 13.0 Å². The van der Waals surface area contributed by atoms with E-state index >= 15 is 0 Å². The van der Waals surface area contributed by atoms with Crippen molar-refractivity contribution in [3.63, 3.8) is 0 Å². The first kappa shape index (κ1) is 15.9. The number of aliphatic hydroxyl groups is 1. The Kier molecular flexibility index (Phi) is 5.06. The third kappa shape index (κ3) is 4.02. The molecule has 3 N–H and O–H groups in total. The van der Waals surface area contributed by atoms with Crippen LogP contribution < -0.4 is 10.6 Å². The monoisotopic (exact) mass is 306 g/mol. The number of amides is 2. The highest BCUT2D eigenvalue weighted by atomic mass is 19.1. The summed E-state index contributed by atoms with van der Waals surface area (Å²) in [6, 6.07) is 9.66. The third-order valence-electron chi connectivity index (χ3n) is 3.12. The van der Waals surface area contributed by atoms with Gasteiger partial charge in [0, 0.05) is 6.54 Å². The third-order valence-corrected chi connectivity index (χ3v) is 3.12. The molecule has 0 spiro atoms. The Labute approximate surface area is 126 Å². The lowest BCUT2D eigenvalue weighted by molar-refractivity contribution is 0.175. The average Bonchev–Trinajstić information content (AvgIpc) is 2.49. The van der Waals surface area contributed by atoms with Crippen LogP contribution in [0.3, 0.4) is 0 Å². The first-order chi connectivity index (χ1) is 10.5. The smallest absolute Gasteiger partial charge is 0.319 e. The van der Waals surface area contributed by atoms with Crippen molar-refractivity contribution in [3.8, 4) is 0 Å². The van der Waals surface area contributed by atoms with Crippen molar-refractivity contribution in [3.05, 3.63) is 65.2 Å². The molecule has 22 heavy (non-hydrogen) atoms. The molecule has 2 aromatic carbocycles. The van der Waals surface area contributed by atoms with Gasteiger partial charge in [-0.3, -0.25) is 0 Å². The Bertz CT molecular complexity index is 639. The summed E-state index contributed by atoms with van der Waals surface area (Å²) >= 11 is 0. The number of hydrogen-bond acceptors (Lipinski definition) is 2. The number of carbonyl (C=O) groups is 1. The molecule has 0 saturated heterocycles. The molecule has 1 atom stereocenters. The van der Waals surface area contributed by atoms with Crippen LogP contribution in [-0.4, -0.2) is 17.7 Å². The van der Waals surface area contributed by atoms with Crippen LogP contribution in [0.1, 0.15) is 17.2 Å². The van der Waals surface area contributed by atoms with Crippen molar-refractivity contribution >= 4 is 11.7 Å². The zero-order chi connectivity index (χ0) is 16.1. The molecular formula is C16H16F2N2O2. The first-order valence-corrected chi connectivity index (χ1v) is 6.71. The fourth-order valence-electron chi connectivity index (χ4n) is 1.87. The number of aliphatic hydroxyl groups excluding tert-OH is 1. The van der Waals surface area contributed by atoms with E-state index in [2.05, 4.69) is 10.6 Å². The molecule has 0 aliphatic heterocycles. The van der Waals surface area contributed by atoms with Crippen molar-refractivity contribution in [1.29, 1.82) is 0 Å². The molecule has 6 heteroatoms. The first-order valence-electron chi connectivity index (χ1n) is 6.71. The van der Waals surface area contributed by atoms with E-state index in [9.17, 15) is 18.7 Å². The van der Waals surface area contributed by atoms with E-state index < -0.39 is 29.5 Å². The lowest BCUT2D eigenvalue weighted by Crippen LogP contribution is -2.33. The van der Waals surface area contributed by atoms with E-state index in [1.807, 2.05) is 19.1 Å². The van der Waals surface area contributed by atoms with E-state index in [1.54, 1.807) is 12.1 Å². The van der Waals surface area contributed by atoms with Crippen LogP contribution >= 0.6 is 0 Å². The zero-order valence-electron chi connectivity index (χ0n) is 11.9. The molecule has 116 valence electrons. The molecule has 0 saturated carbocycles. The summed E-state index contributed by atoms with van der Waals surface area (Å²) in [5, 5.41) is 14.4. The maximum absolute atomic E-state index is 13.4. The molecule has 4 nitrogen and oxygen atoms in total. The Morgan fingerprint density at radius 3 is 2.32 bits per heavy atom. The number of nitrogens with one attached hydrogen (secondary N) is 2. The van der Waals surface area contributed by atoms with Crippen LogP contribution in [-0.2, 0) is 0 Å². The number of rotatable bonds is 4. The highest BCUT2D eigenvalue weighted by Crippen LogP contribution is 2.18. The number of aryl methyl sites for hydroxylation is 1. The quantitative estimate of drug-likeness (QED) is 0.812. The Morgan fingerprint density at radius 2 is 1.73 bits per heavy atom. The van der Waals surface area contributed by atoms with Crippen LogP contribution in [0.4, 0.5) is 19.3 Å². The van der Waals surface area contributed by atoms with E-state index in [4.69, 9.17) is 0 Å². The van der Waals surface area contributed by atoms with E-state index in [1.165, 1.54) is 6.07 Å². The molecular weight excluding hydrogens is 290 g/mol. The van der Waals surface area contributed by atoms with Gasteiger partial charge in [0.2, 0.25) is 0 Å². The lowest BCUT2D eigenvalue weighted by atomic mass is 10.1. The second-order valence-corrected chi connectivity index (χ2v) is 4.86. The van der Waals surface area contributed by atoms with Gasteiger partial charge in [0.25, 0.3) is 0 Å². The molecule has 0 heterocycles. The highest BCUT2D eigenvalue weighted by molar-refractivity contribution is 5.89. The minimum Gasteiger partial charge on any atom is -0.387 e. The maximum atomic E-state index is 13.4. The van der Waals surface area contributed by atoms with Gasteiger partial charge < -0.3 is 15.7 Å². The number of hydrogen-bond donors (Lipinski definition) is 3. The summed E-state index contributed by atoms with van der Waals surface area (Å²) in [6.07, 6.45) is -0.906. The molecule has 0 aliphatic carbocycles. The molecule has 0 bridgehead atoms. The predicted octanol–water partition coefficient (Wildman–Crippen LogP) is 3.13. The summed E-state index contributed by atoms with van der Waals surface area (Å²) in [5.74, 6) is -1.73. The predicted molar refractivity (Wildman–Crippen MR) is 79.5 cm³/mol. The fraction of sp³-hybridized carbons (Fsp3) is 0.188. The number of benzene rings is 2. The Hall–Kier alpha value is -2.47. The molecule has 0 aliphatic rings. The molecule has 0 aromatic heterocycles. The standard InChI is InChI=1S/C16H16F2N2O2/c1-10-5-7-11(8-6-10)14(21)9-19-16(22)20-15-12(17)3-2-4-13(15)18/h2-8,14,21H,9H2,1H3,(H2,19,20,22)/t14-/m0/s1. The molecule has 0 unspecified atom stereocenters. The van der Waals surface area contributed by atoms with Gasteiger partial charge in [0.1, 0.15) is 17.3 Å². The van der Waals surface area contributed by atoms with E-state index in [0.29, 0.717) is 5.56 Å². The summed E-state index contributed by atoms with van der Waals surface area (Å²) in [7, 11) is 0. The Morgan fingerprint density at radius 1 is 1.14 bits per heavy atom. The minimum absolute atomic E-state index is 0.0784. The molecule has 0 fully saturated rings. The maximum Gasteiger partial charge on any atom is 0.319 e. The summed E-state index contributed by atoms with van der Waals surface area (Å²) in [6.45, 7) is 1.84. The SMILES string of the molecule is Cc1ccc([C@@H](O)CNC(=O)Nc2c(F)cccc2F)cc1. The zero-order valence-corrected chi connectivity index (χ0v) is 11.9. The fourth-order valence-corrected chi connectivity index (χ4v) is 1.87. The number of carbonyl (C=O) groups excluding carboxylic acids is 1. The van der Waals surface area contributed by atoms with Crippen molar-refractivity contribution in [1.82, 2.24) is 5.32 Å². The van der Waals surface area contributed by atoms with Crippen LogP contribution in [0.2, 0.25) is 0 Å². The number of anilines is 1. The van der Waals surface area contributed by atoms with Gasteiger partial charge in [-0.15, -0.1) is 0 Å². The normalized spacial score (nSPS) is 11.8. The van der Waals surface area contributed by atoms with Crippen molar-refractivity contribution < 1.29 is 18.7 Å². The average molecular weight is 306 g/mol. The van der Waals surface area contributed by atoms with Gasteiger partial charge in [-0.05, 0) is 24.6 Å². The van der Waals surface area contributed by atoms with Gasteiger partial charge in [-0.1, -0.05) is 35.9 Å². The number of urea groups is 1. The van der Waals surface area contributed by atoms with Crippen molar-refractivity contribution in [2.75, 3.05) is 11.9 Å². The molecule has 2 rings (SSSR count). The van der Waals surface area contributed by atoms with Crippen LogP contribution in [0, 0.1) is 18.6 Å². The largest absolute Gasteiger partial charge is 0.387 e. The van der Waals surface area contributed by atoms with Gasteiger partial charge in [-0.2, -0.15) is 0 Å². The minimum atomic E-state index is -0.906. The second kappa shape index (κ2) is 7.00. The summed E-state index contributed by atoms with van der Waals surface area (Å²) in [5.41, 5.74) is 1.17. The van der Waals surface area contributed by atoms with Gasteiger partial charge in [0.05, 0.1) is 6.10 Å². The molecule has 2 amide bonds. The number of para-hydroxylation sites is 1. The lowest BCUT2D eigenvalue weighted by Gasteiger charge is -2.13. The Balaban J connectivity index is 1.91. The van der Waals surface area contributed by atoms with Gasteiger partial charge in [0.15, 0.2) is 0 Å². The number of halogens is 2. The second-order valence-electron chi connectivity index (χ2n) is 4.86. The van der Waals surface area contributed by atoms with Crippen LogP contribution in [0.15, 0.2) is 42.5 Å².